The number of carbonyl (C=O) groups excluding carboxylic acids is 4. The minimum Gasteiger partial charge on any atom is -0.481 e. The predicted octanol–water partition coefficient (Wildman–Crippen LogP) is 3.81. The molecule has 0 heterocycles. The smallest absolute Gasteiger partial charge is 0.338 e. The minimum absolute atomic E-state index is 0.0628. The van der Waals surface area contributed by atoms with Crippen molar-refractivity contribution in [3.63, 3.8) is 0 Å². The van der Waals surface area contributed by atoms with Gasteiger partial charge < -0.3 is 49.6 Å². The Kier molecular flexibility index (Phi) is 29.8. The highest BCUT2D eigenvalue weighted by molar-refractivity contribution is 5.94. The number of hydrogen-bond acceptors (Lipinski definition) is 14. The van der Waals surface area contributed by atoms with Gasteiger partial charge in [0.2, 0.25) is 0 Å². The average Bonchev–Trinajstić information content (AvgIpc) is 3.17. The van der Waals surface area contributed by atoms with Crippen molar-refractivity contribution in [3.05, 3.63) is 70.8 Å². The van der Waals surface area contributed by atoms with E-state index in [1.807, 2.05) is 0 Å². The topological polar surface area (TPSA) is 261 Å². The van der Waals surface area contributed by atoms with Gasteiger partial charge in [-0.2, -0.15) is 0 Å². The molecule has 2 aromatic rings. The van der Waals surface area contributed by atoms with Gasteiger partial charge in [0, 0.05) is 39.3 Å². The molecule has 0 fully saturated rings. The van der Waals surface area contributed by atoms with E-state index in [9.17, 15) is 28.8 Å². The minimum atomic E-state index is -0.870. The van der Waals surface area contributed by atoms with E-state index >= 15 is 0 Å². The molecule has 0 aromatic heterocycles. The number of aliphatic carboxylic acids is 2. The highest BCUT2D eigenvalue weighted by atomic mass is 16.5. The molecule has 302 valence electrons. The van der Waals surface area contributed by atoms with Gasteiger partial charge in [0.1, 0.15) is 0 Å². The molecule has 0 amide bonds. The van der Waals surface area contributed by atoms with Crippen LogP contribution in [0.3, 0.4) is 0 Å². The first kappa shape index (κ1) is 49.1. The summed E-state index contributed by atoms with van der Waals surface area (Å²) in [5.74, 6) is -3.57. The van der Waals surface area contributed by atoms with Gasteiger partial charge in [-0.05, 0) is 113 Å². The van der Waals surface area contributed by atoms with E-state index in [-0.39, 0.29) is 65.7 Å². The first-order valence-electron chi connectivity index (χ1n) is 17.8. The second kappa shape index (κ2) is 32.7. The number of esters is 4. The zero-order valence-electron chi connectivity index (χ0n) is 30.5. The Labute approximate surface area is 314 Å². The Morgan fingerprint density at radius 1 is 0.352 bits per heavy atom. The van der Waals surface area contributed by atoms with Crippen LogP contribution in [0.1, 0.15) is 118 Å². The normalized spacial score (nSPS) is 10.1. The second-order valence-electron chi connectivity index (χ2n) is 11.4. The zero-order chi connectivity index (χ0) is 40.4. The third-order valence-corrected chi connectivity index (χ3v) is 6.89. The summed E-state index contributed by atoms with van der Waals surface area (Å²) in [5.41, 5.74) is 1.45. The van der Waals surface area contributed by atoms with Crippen molar-refractivity contribution in [3.8, 4) is 0 Å². The van der Waals surface area contributed by atoms with Crippen LogP contribution >= 0.6 is 0 Å². The molecule has 0 atom stereocenters. The van der Waals surface area contributed by atoms with E-state index in [0.29, 0.717) is 86.5 Å². The average molecular weight is 767 g/mol. The van der Waals surface area contributed by atoms with E-state index < -0.39 is 35.8 Å². The maximum atomic E-state index is 11.7. The van der Waals surface area contributed by atoms with Crippen LogP contribution in [0.2, 0.25) is 0 Å². The lowest BCUT2D eigenvalue weighted by Crippen LogP contribution is -2.09. The fraction of sp³-hybridized carbons (Fsp3) is 0.526. The summed E-state index contributed by atoms with van der Waals surface area (Å²) in [5, 5.41) is 50.8. The molecule has 0 aliphatic carbocycles. The first-order chi connectivity index (χ1) is 26.0. The second-order valence-corrected chi connectivity index (χ2v) is 11.4. The fourth-order valence-corrected chi connectivity index (χ4v) is 3.89. The number of aliphatic hydroxyl groups excluding tert-OH is 4. The quantitative estimate of drug-likeness (QED) is 0.0477. The summed E-state index contributed by atoms with van der Waals surface area (Å²) in [7, 11) is 0. The van der Waals surface area contributed by atoms with Crippen molar-refractivity contribution in [1.29, 1.82) is 0 Å². The SMILES string of the molecule is O=C(O)CCCCC(=O)O.O=C(OCCCCO)c1ccc(C(=O)OCCCCO)cc1.O=C(OCCCCO)c1ccc(C(=O)OCCCCO)cc1. The molecule has 16 nitrogen and oxygen atoms in total. The van der Waals surface area contributed by atoms with E-state index in [0.717, 1.165) is 0 Å². The Bertz CT molecular complexity index is 1150. The van der Waals surface area contributed by atoms with Crippen LogP contribution in [-0.4, -0.2) is 119 Å². The van der Waals surface area contributed by atoms with Crippen LogP contribution in [0, 0.1) is 0 Å². The molecule has 2 aromatic carbocycles. The van der Waals surface area contributed by atoms with Crippen molar-refractivity contribution < 1.29 is 78.4 Å². The van der Waals surface area contributed by atoms with Gasteiger partial charge in [0.05, 0.1) is 48.7 Å². The molecule has 0 saturated carbocycles. The molecule has 0 aliphatic rings. The van der Waals surface area contributed by atoms with E-state index in [4.69, 9.17) is 49.6 Å². The molecular weight excluding hydrogens is 712 g/mol. The number of unbranched alkanes of at least 4 members (excludes halogenated alkanes) is 5. The Hall–Kier alpha value is -4.90. The number of rotatable bonds is 25. The monoisotopic (exact) mass is 766 g/mol. The molecule has 2 rings (SSSR count). The van der Waals surface area contributed by atoms with Gasteiger partial charge in [-0.25, -0.2) is 19.2 Å². The molecule has 0 saturated heterocycles. The molecule has 16 heteroatoms. The summed E-state index contributed by atoms with van der Waals surface area (Å²) in [6, 6.07) is 12.1. The zero-order valence-corrected chi connectivity index (χ0v) is 30.5. The summed E-state index contributed by atoms with van der Waals surface area (Å²) in [6.07, 6.45) is 5.83. The molecule has 6 N–H and O–H groups in total. The van der Waals surface area contributed by atoms with Crippen LogP contribution in [0.15, 0.2) is 48.5 Å². The number of aliphatic hydroxyl groups is 4. The fourth-order valence-electron chi connectivity index (χ4n) is 3.89. The maximum absolute atomic E-state index is 11.7. The number of hydrogen-bond donors (Lipinski definition) is 6. The molecule has 0 bridgehead atoms. The number of benzene rings is 2. The number of ether oxygens (including phenoxy) is 4. The predicted molar refractivity (Wildman–Crippen MR) is 193 cm³/mol. The lowest BCUT2D eigenvalue weighted by atomic mass is 10.1. The first-order valence-corrected chi connectivity index (χ1v) is 17.8. The standard InChI is InChI=1S/2C16H22O6.C6H10O4/c2*17-9-1-3-11-21-15(19)13-5-7-14(8-6-13)16(20)22-12-4-2-10-18;7-5(8)3-1-2-4-6(9)10/h2*5-8,17-18H,1-4,9-12H2;1-4H2,(H,7,8)(H,9,10). The van der Waals surface area contributed by atoms with Crippen molar-refractivity contribution in [2.24, 2.45) is 0 Å². The van der Waals surface area contributed by atoms with Crippen molar-refractivity contribution in [2.45, 2.75) is 77.0 Å². The van der Waals surface area contributed by atoms with Gasteiger partial charge >= 0.3 is 35.8 Å². The Morgan fingerprint density at radius 3 is 0.722 bits per heavy atom. The molecule has 0 radical (unpaired) electrons. The van der Waals surface area contributed by atoms with Crippen LogP contribution in [0.25, 0.3) is 0 Å². The Morgan fingerprint density at radius 2 is 0.556 bits per heavy atom. The molecular formula is C38H54O16. The van der Waals surface area contributed by atoms with Crippen LogP contribution in [0.5, 0.6) is 0 Å². The summed E-state index contributed by atoms with van der Waals surface area (Å²) < 4.78 is 20.1. The van der Waals surface area contributed by atoms with Gasteiger partial charge in [0.15, 0.2) is 0 Å². The summed E-state index contributed by atoms with van der Waals surface area (Å²) in [4.78, 5) is 66.6. The van der Waals surface area contributed by atoms with Crippen molar-refractivity contribution in [1.82, 2.24) is 0 Å². The van der Waals surface area contributed by atoms with Crippen molar-refractivity contribution >= 4 is 35.8 Å². The molecule has 0 aliphatic heterocycles. The van der Waals surface area contributed by atoms with Crippen LogP contribution in [-0.2, 0) is 28.5 Å². The van der Waals surface area contributed by atoms with Gasteiger partial charge in [-0.1, -0.05) is 0 Å². The lowest BCUT2D eigenvalue weighted by molar-refractivity contribution is -0.139. The van der Waals surface area contributed by atoms with E-state index in [1.54, 1.807) is 0 Å². The van der Waals surface area contributed by atoms with E-state index in [2.05, 4.69) is 0 Å². The molecule has 54 heavy (non-hydrogen) atoms. The maximum Gasteiger partial charge on any atom is 0.338 e. The number of carboxylic acids is 2. The third kappa shape index (κ3) is 26.0. The van der Waals surface area contributed by atoms with E-state index in [1.165, 1.54) is 48.5 Å². The molecule has 0 spiro atoms. The number of carboxylic acid groups (broad SMARTS) is 2. The molecule has 0 unspecified atom stereocenters. The van der Waals surface area contributed by atoms with Crippen LogP contribution in [0.4, 0.5) is 0 Å². The largest absolute Gasteiger partial charge is 0.481 e. The summed E-state index contributed by atoms with van der Waals surface area (Å²) in [6.45, 7) is 1.34. The highest BCUT2D eigenvalue weighted by Crippen LogP contribution is 2.10. The highest BCUT2D eigenvalue weighted by Gasteiger charge is 2.12. The van der Waals surface area contributed by atoms with Gasteiger partial charge in [-0.15, -0.1) is 0 Å². The number of carbonyl (C=O) groups is 6. The van der Waals surface area contributed by atoms with Crippen molar-refractivity contribution in [2.75, 3.05) is 52.9 Å². The van der Waals surface area contributed by atoms with Crippen LogP contribution < -0.4 is 0 Å². The van der Waals surface area contributed by atoms with Gasteiger partial charge in [-0.3, -0.25) is 9.59 Å². The van der Waals surface area contributed by atoms with Gasteiger partial charge in [0.25, 0.3) is 0 Å². The Balaban J connectivity index is 0.000000837. The lowest BCUT2D eigenvalue weighted by Gasteiger charge is -2.06. The third-order valence-electron chi connectivity index (χ3n) is 6.89. The summed E-state index contributed by atoms with van der Waals surface area (Å²) >= 11 is 0.